The first-order valence-electron chi connectivity index (χ1n) is 6.64. The van der Waals surface area contributed by atoms with Crippen LogP contribution in [0.3, 0.4) is 0 Å². The molecule has 1 aromatic carbocycles. The number of carbonyl (C=O) groups excluding carboxylic acids is 1. The zero-order valence-corrected chi connectivity index (χ0v) is 13.3. The molecule has 19 heavy (non-hydrogen) atoms. The second-order valence-electron chi connectivity index (χ2n) is 6.13. The summed E-state index contributed by atoms with van der Waals surface area (Å²) in [7, 11) is 0. The van der Waals surface area contributed by atoms with Crippen LogP contribution in [0.25, 0.3) is 0 Å². The molecule has 2 unspecified atom stereocenters. The standard InChI is InChI=1S/C15H21BrN2O/c1-15(2,3)18-13(19)9-8-12(17)14(18)10-4-6-11(16)7-5-10/h4-7,12,14H,8-9,17H2,1-3H3. The van der Waals surface area contributed by atoms with Gasteiger partial charge in [0.15, 0.2) is 0 Å². The minimum absolute atomic E-state index is 0.00176. The lowest BCUT2D eigenvalue weighted by molar-refractivity contribution is -0.144. The van der Waals surface area contributed by atoms with Crippen LogP contribution in [0, 0.1) is 0 Å². The number of rotatable bonds is 1. The normalized spacial score (nSPS) is 24.7. The van der Waals surface area contributed by atoms with E-state index in [1.807, 2.05) is 29.2 Å². The topological polar surface area (TPSA) is 46.3 Å². The Hall–Kier alpha value is -0.870. The summed E-state index contributed by atoms with van der Waals surface area (Å²) in [5, 5.41) is 0. The van der Waals surface area contributed by atoms with Crippen LogP contribution in [-0.2, 0) is 4.79 Å². The van der Waals surface area contributed by atoms with E-state index in [-0.39, 0.29) is 23.5 Å². The Morgan fingerprint density at radius 2 is 1.84 bits per heavy atom. The summed E-state index contributed by atoms with van der Waals surface area (Å²) >= 11 is 3.44. The van der Waals surface area contributed by atoms with Crippen LogP contribution in [0.2, 0.25) is 0 Å². The van der Waals surface area contributed by atoms with Crippen molar-refractivity contribution in [2.75, 3.05) is 0 Å². The van der Waals surface area contributed by atoms with Crippen LogP contribution in [-0.4, -0.2) is 22.4 Å². The van der Waals surface area contributed by atoms with Gasteiger partial charge in [0.25, 0.3) is 0 Å². The highest BCUT2D eigenvalue weighted by atomic mass is 79.9. The summed E-state index contributed by atoms with van der Waals surface area (Å²) in [6.07, 6.45) is 1.30. The molecule has 0 spiro atoms. The van der Waals surface area contributed by atoms with E-state index in [1.165, 1.54) is 0 Å². The van der Waals surface area contributed by atoms with Crippen molar-refractivity contribution in [3.8, 4) is 0 Å². The fourth-order valence-electron chi connectivity index (χ4n) is 2.76. The summed E-state index contributed by atoms with van der Waals surface area (Å²) in [5.41, 5.74) is 7.19. The van der Waals surface area contributed by atoms with Gasteiger partial charge >= 0.3 is 0 Å². The molecule has 2 atom stereocenters. The van der Waals surface area contributed by atoms with Gasteiger partial charge in [-0.2, -0.15) is 0 Å². The molecule has 1 aliphatic rings. The predicted octanol–water partition coefficient (Wildman–Crippen LogP) is 3.24. The second-order valence-corrected chi connectivity index (χ2v) is 7.05. The van der Waals surface area contributed by atoms with Gasteiger partial charge in [0.1, 0.15) is 0 Å². The number of halogens is 1. The van der Waals surface area contributed by atoms with Gasteiger partial charge in [-0.05, 0) is 44.9 Å². The monoisotopic (exact) mass is 324 g/mol. The lowest BCUT2D eigenvalue weighted by Crippen LogP contribution is -2.56. The van der Waals surface area contributed by atoms with Gasteiger partial charge < -0.3 is 10.6 Å². The molecule has 1 aliphatic heterocycles. The Kier molecular flexibility index (Phi) is 4.02. The third-order valence-corrected chi connectivity index (χ3v) is 4.11. The van der Waals surface area contributed by atoms with E-state index >= 15 is 0 Å². The van der Waals surface area contributed by atoms with Gasteiger partial charge in [-0.1, -0.05) is 28.1 Å². The summed E-state index contributed by atoms with van der Waals surface area (Å²) in [4.78, 5) is 14.2. The highest BCUT2D eigenvalue weighted by Crippen LogP contribution is 2.36. The van der Waals surface area contributed by atoms with Crippen molar-refractivity contribution in [2.45, 2.75) is 51.2 Å². The molecule has 0 aliphatic carbocycles. The Morgan fingerprint density at radius 3 is 2.37 bits per heavy atom. The number of benzene rings is 1. The van der Waals surface area contributed by atoms with Crippen molar-refractivity contribution in [1.82, 2.24) is 4.90 Å². The van der Waals surface area contributed by atoms with Gasteiger partial charge in [-0.25, -0.2) is 0 Å². The number of nitrogens with two attached hydrogens (primary N) is 1. The van der Waals surface area contributed by atoms with Crippen LogP contribution in [0.4, 0.5) is 0 Å². The van der Waals surface area contributed by atoms with Crippen LogP contribution in [0.1, 0.15) is 45.2 Å². The van der Waals surface area contributed by atoms with Crippen LogP contribution >= 0.6 is 15.9 Å². The molecule has 2 rings (SSSR count). The van der Waals surface area contributed by atoms with Crippen LogP contribution in [0.5, 0.6) is 0 Å². The summed E-state index contributed by atoms with van der Waals surface area (Å²) in [6, 6.07) is 8.06. The maximum absolute atomic E-state index is 12.3. The average molecular weight is 325 g/mol. The number of hydrogen-bond acceptors (Lipinski definition) is 2. The average Bonchev–Trinajstić information content (AvgIpc) is 2.31. The van der Waals surface area contributed by atoms with Gasteiger partial charge in [0.05, 0.1) is 6.04 Å². The molecule has 1 saturated heterocycles. The Bertz CT molecular complexity index is 464. The van der Waals surface area contributed by atoms with Crippen molar-refractivity contribution in [2.24, 2.45) is 5.73 Å². The summed E-state index contributed by atoms with van der Waals surface area (Å²) in [5.74, 6) is 0.196. The maximum Gasteiger partial charge on any atom is 0.223 e. The van der Waals surface area contributed by atoms with E-state index in [0.29, 0.717) is 6.42 Å². The van der Waals surface area contributed by atoms with E-state index in [9.17, 15) is 4.79 Å². The molecular weight excluding hydrogens is 304 g/mol. The molecule has 1 aromatic rings. The molecule has 4 heteroatoms. The first-order valence-corrected chi connectivity index (χ1v) is 7.43. The van der Waals surface area contributed by atoms with Crippen molar-refractivity contribution < 1.29 is 4.79 Å². The number of amides is 1. The highest BCUT2D eigenvalue weighted by Gasteiger charge is 2.40. The third-order valence-electron chi connectivity index (χ3n) is 3.58. The molecule has 0 saturated carbocycles. The number of hydrogen-bond donors (Lipinski definition) is 1. The molecule has 0 radical (unpaired) electrons. The zero-order chi connectivity index (χ0) is 14.2. The first kappa shape index (κ1) is 14.5. The fourth-order valence-corrected chi connectivity index (χ4v) is 3.03. The number of nitrogens with zero attached hydrogens (tertiary/aromatic N) is 1. The quantitative estimate of drug-likeness (QED) is 0.862. The summed E-state index contributed by atoms with van der Waals surface area (Å²) in [6.45, 7) is 6.19. The second kappa shape index (κ2) is 5.25. The molecule has 1 amide bonds. The van der Waals surface area contributed by atoms with E-state index in [1.54, 1.807) is 0 Å². The maximum atomic E-state index is 12.3. The van der Waals surface area contributed by atoms with E-state index in [2.05, 4.69) is 36.7 Å². The Balaban J connectivity index is 2.42. The zero-order valence-electron chi connectivity index (χ0n) is 11.7. The molecule has 3 nitrogen and oxygen atoms in total. The minimum Gasteiger partial charge on any atom is -0.329 e. The summed E-state index contributed by atoms with van der Waals surface area (Å²) < 4.78 is 1.04. The smallest absolute Gasteiger partial charge is 0.223 e. The van der Waals surface area contributed by atoms with Crippen LogP contribution < -0.4 is 5.73 Å². The van der Waals surface area contributed by atoms with Gasteiger partial charge in [-0.15, -0.1) is 0 Å². The molecule has 104 valence electrons. The van der Waals surface area contributed by atoms with Crippen molar-refractivity contribution in [3.63, 3.8) is 0 Å². The van der Waals surface area contributed by atoms with Crippen molar-refractivity contribution in [1.29, 1.82) is 0 Å². The van der Waals surface area contributed by atoms with E-state index < -0.39 is 0 Å². The first-order chi connectivity index (χ1) is 8.80. The lowest BCUT2D eigenvalue weighted by Gasteiger charge is -2.47. The molecule has 1 heterocycles. The third kappa shape index (κ3) is 3.00. The minimum atomic E-state index is -0.215. The predicted molar refractivity (Wildman–Crippen MR) is 80.7 cm³/mol. The number of carbonyl (C=O) groups is 1. The molecule has 0 aromatic heterocycles. The van der Waals surface area contributed by atoms with E-state index in [0.717, 1.165) is 16.5 Å². The lowest BCUT2D eigenvalue weighted by atomic mass is 9.86. The Labute approximate surface area is 123 Å². The molecule has 0 bridgehead atoms. The van der Waals surface area contributed by atoms with Crippen molar-refractivity contribution >= 4 is 21.8 Å². The Morgan fingerprint density at radius 1 is 1.26 bits per heavy atom. The SMILES string of the molecule is CC(C)(C)N1C(=O)CCC(N)C1c1ccc(Br)cc1. The highest BCUT2D eigenvalue weighted by molar-refractivity contribution is 9.10. The number of likely N-dealkylation sites (tertiary alicyclic amines) is 1. The molecular formula is C15H21BrN2O. The van der Waals surface area contributed by atoms with Gasteiger partial charge in [-0.3, -0.25) is 4.79 Å². The van der Waals surface area contributed by atoms with Gasteiger partial charge in [0.2, 0.25) is 5.91 Å². The van der Waals surface area contributed by atoms with Crippen molar-refractivity contribution in [3.05, 3.63) is 34.3 Å². The van der Waals surface area contributed by atoms with Gasteiger partial charge in [0, 0.05) is 22.5 Å². The molecule has 1 fully saturated rings. The van der Waals surface area contributed by atoms with Crippen LogP contribution in [0.15, 0.2) is 28.7 Å². The largest absolute Gasteiger partial charge is 0.329 e. The fraction of sp³-hybridized carbons (Fsp3) is 0.533. The number of piperidine rings is 1. The molecule has 2 N–H and O–H groups in total. The van der Waals surface area contributed by atoms with E-state index in [4.69, 9.17) is 5.73 Å².